The fourth-order valence-electron chi connectivity index (χ4n) is 1.61. The standard InChI is InChI=1S/C10H20N2O/c1-4-8(3)12-10(13)9-6-11-5-7(9)2/h7-9,11H,4-6H2,1-3H3,(H,12,13). The monoisotopic (exact) mass is 184 g/mol. The van der Waals surface area contributed by atoms with E-state index < -0.39 is 0 Å². The minimum atomic E-state index is 0.175. The largest absolute Gasteiger partial charge is 0.353 e. The molecule has 13 heavy (non-hydrogen) atoms. The third-order valence-electron chi connectivity index (χ3n) is 2.86. The lowest BCUT2D eigenvalue weighted by Gasteiger charge is -2.17. The van der Waals surface area contributed by atoms with E-state index >= 15 is 0 Å². The van der Waals surface area contributed by atoms with Gasteiger partial charge in [-0.25, -0.2) is 0 Å². The fraction of sp³-hybridized carbons (Fsp3) is 0.900. The van der Waals surface area contributed by atoms with Crippen LogP contribution in [0.2, 0.25) is 0 Å². The summed E-state index contributed by atoms with van der Waals surface area (Å²) in [6.45, 7) is 8.06. The Hall–Kier alpha value is -0.570. The van der Waals surface area contributed by atoms with Crippen molar-refractivity contribution in [1.29, 1.82) is 0 Å². The molecule has 1 aliphatic heterocycles. The van der Waals surface area contributed by atoms with Crippen LogP contribution in [0.4, 0.5) is 0 Å². The van der Waals surface area contributed by atoms with Crippen molar-refractivity contribution in [3.63, 3.8) is 0 Å². The second-order valence-corrected chi connectivity index (χ2v) is 4.06. The van der Waals surface area contributed by atoms with Gasteiger partial charge in [0, 0.05) is 12.6 Å². The molecule has 3 nitrogen and oxygen atoms in total. The summed E-state index contributed by atoms with van der Waals surface area (Å²) in [5.74, 6) is 0.866. The van der Waals surface area contributed by atoms with Gasteiger partial charge in [0.25, 0.3) is 0 Å². The van der Waals surface area contributed by atoms with Gasteiger partial charge in [0.15, 0.2) is 0 Å². The summed E-state index contributed by atoms with van der Waals surface area (Å²) < 4.78 is 0. The van der Waals surface area contributed by atoms with Gasteiger partial charge in [-0.1, -0.05) is 13.8 Å². The molecule has 0 spiro atoms. The Labute approximate surface area is 80.3 Å². The maximum atomic E-state index is 11.7. The highest BCUT2D eigenvalue weighted by Gasteiger charge is 2.29. The molecule has 0 aromatic rings. The molecule has 1 fully saturated rings. The highest BCUT2D eigenvalue weighted by molar-refractivity contribution is 5.79. The molecule has 1 amide bonds. The number of nitrogens with one attached hydrogen (secondary N) is 2. The number of rotatable bonds is 3. The number of carbonyl (C=O) groups is 1. The first-order valence-electron chi connectivity index (χ1n) is 5.16. The molecule has 3 heteroatoms. The molecule has 0 aliphatic carbocycles. The van der Waals surface area contributed by atoms with Gasteiger partial charge in [-0.3, -0.25) is 4.79 Å². The zero-order valence-electron chi connectivity index (χ0n) is 8.76. The Kier molecular flexibility index (Phi) is 3.72. The SMILES string of the molecule is CCC(C)NC(=O)C1CNCC1C. The van der Waals surface area contributed by atoms with Crippen LogP contribution in [-0.4, -0.2) is 25.0 Å². The second kappa shape index (κ2) is 4.61. The van der Waals surface area contributed by atoms with Gasteiger partial charge >= 0.3 is 0 Å². The van der Waals surface area contributed by atoms with Crippen LogP contribution >= 0.6 is 0 Å². The normalized spacial score (nSPS) is 30.1. The van der Waals surface area contributed by atoms with Crippen LogP contribution in [0.3, 0.4) is 0 Å². The molecular weight excluding hydrogens is 164 g/mol. The third-order valence-corrected chi connectivity index (χ3v) is 2.86. The molecule has 0 radical (unpaired) electrons. The van der Waals surface area contributed by atoms with E-state index in [1.165, 1.54) is 0 Å². The van der Waals surface area contributed by atoms with Crippen LogP contribution in [-0.2, 0) is 4.79 Å². The van der Waals surface area contributed by atoms with Crippen LogP contribution in [0, 0.1) is 11.8 Å². The maximum Gasteiger partial charge on any atom is 0.224 e. The Morgan fingerprint density at radius 3 is 2.77 bits per heavy atom. The topological polar surface area (TPSA) is 41.1 Å². The molecule has 3 atom stereocenters. The average molecular weight is 184 g/mol. The molecule has 76 valence electrons. The molecule has 1 saturated heterocycles. The molecular formula is C10H20N2O. The van der Waals surface area contributed by atoms with Crippen molar-refractivity contribution in [2.75, 3.05) is 13.1 Å². The van der Waals surface area contributed by atoms with Crippen molar-refractivity contribution in [1.82, 2.24) is 10.6 Å². The average Bonchev–Trinajstić information content (AvgIpc) is 2.51. The quantitative estimate of drug-likeness (QED) is 0.680. The van der Waals surface area contributed by atoms with Crippen molar-refractivity contribution < 1.29 is 4.79 Å². The highest BCUT2D eigenvalue weighted by atomic mass is 16.2. The maximum absolute atomic E-state index is 11.7. The Balaban J connectivity index is 2.38. The van der Waals surface area contributed by atoms with Crippen molar-refractivity contribution in [2.24, 2.45) is 11.8 Å². The molecule has 0 aromatic heterocycles. The van der Waals surface area contributed by atoms with Crippen molar-refractivity contribution in [3.8, 4) is 0 Å². The van der Waals surface area contributed by atoms with E-state index in [-0.39, 0.29) is 11.8 Å². The van der Waals surface area contributed by atoms with Crippen LogP contribution < -0.4 is 10.6 Å². The number of hydrogen-bond acceptors (Lipinski definition) is 2. The molecule has 2 N–H and O–H groups in total. The first kappa shape index (κ1) is 10.5. The fourth-order valence-corrected chi connectivity index (χ4v) is 1.61. The van der Waals surface area contributed by atoms with Crippen LogP contribution in [0.15, 0.2) is 0 Å². The summed E-state index contributed by atoms with van der Waals surface area (Å²) in [5.41, 5.74) is 0. The number of carbonyl (C=O) groups excluding carboxylic acids is 1. The van der Waals surface area contributed by atoms with Crippen molar-refractivity contribution in [3.05, 3.63) is 0 Å². The summed E-state index contributed by atoms with van der Waals surface area (Å²) in [6.07, 6.45) is 1.00. The van der Waals surface area contributed by atoms with Crippen molar-refractivity contribution in [2.45, 2.75) is 33.2 Å². The van der Waals surface area contributed by atoms with Crippen LogP contribution in [0.5, 0.6) is 0 Å². The van der Waals surface area contributed by atoms with Gasteiger partial charge in [0.2, 0.25) is 5.91 Å². The van der Waals surface area contributed by atoms with Gasteiger partial charge in [-0.2, -0.15) is 0 Å². The van der Waals surface area contributed by atoms with Gasteiger partial charge in [0.1, 0.15) is 0 Å². The van der Waals surface area contributed by atoms with E-state index in [1.54, 1.807) is 0 Å². The van der Waals surface area contributed by atoms with Gasteiger partial charge in [0.05, 0.1) is 5.92 Å². The van der Waals surface area contributed by atoms with E-state index in [0.717, 1.165) is 19.5 Å². The van der Waals surface area contributed by atoms with Crippen LogP contribution in [0.1, 0.15) is 27.2 Å². The van der Waals surface area contributed by atoms with E-state index in [4.69, 9.17) is 0 Å². The number of hydrogen-bond donors (Lipinski definition) is 2. The lowest BCUT2D eigenvalue weighted by Crippen LogP contribution is -2.39. The Morgan fingerprint density at radius 1 is 1.62 bits per heavy atom. The summed E-state index contributed by atoms with van der Waals surface area (Å²) in [5, 5.41) is 6.26. The number of amides is 1. The lowest BCUT2D eigenvalue weighted by atomic mass is 9.97. The predicted molar refractivity (Wildman–Crippen MR) is 53.4 cm³/mol. The van der Waals surface area contributed by atoms with Crippen molar-refractivity contribution >= 4 is 5.91 Å². The second-order valence-electron chi connectivity index (χ2n) is 4.06. The van der Waals surface area contributed by atoms with Gasteiger partial charge in [-0.15, -0.1) is 0 Å². The molecule has 0 bridgehead atoms. The van der Waals surface area contributed by atoms with E-state index in [0.29, 0.717) is 12.0 Å². The highest BCUT2D eigenvalue weighted by Crippen LogP contribution is 2.15. The minimum absolute atomic E-state index is 0.175. The minimum Gasteiger partial charge on any atom is -0.353 e. The zero-order chi connectivity index (χ0) is 9.84. The molecule has 1 aliphatic rings. The predicted octanol–water partition coefficient (Wildman–Crippen LogP) is 0.757. The summed E-state index contributed by atoms with van der Waals surface area (Å²) >= 11 is 0. The van der Waals surface area contributed by atoms with Gasteiger partial charge < -0.3 is 10.6 Å². The molecule has 1 rings (SSSR count). The summed E-state index contributed by atoms with van der Waals surface area (Å²) in [4.78, 5) is 11.7. The van der Waals surface area contributed by atoms with Gasteiger partial charge in [-0.05, 0) is 25.8 Å². The van der Waals surface area contributed by atoms with E-state index in [9.17, 15) is 4.79 Å². The Bertz CT molecular complexity index is 182. The summed E-state index contributed by atoms with van der Waals surface area (Å²) in [7, 11) is 0. The molecule has 0 saturated carbocycles. The first-order valence-corrected chi connectivity index (χ1v) is 5.16. The van der Waals surface area contributed by atoms with E-state index in [2.05, 4.69) is 24.5 Å². The zero-order valence-corrected chi connectivity index (χ0v) is 8.76. The third kappa shape index (κ3) is 2.69. The molecule has 0 aromatic carbocycles. The first-order chi connectivity index (χ1) is 6.15. The smallest absolute Gasteiger partial charge is 0.224 e. The lowest BCUT2D eigenvalue weighted by molar-refractivity contribution is -0.126. The van der Waals surface area contributed by atoms with E-state index in [1.807, 2.05) is 6.92 Å². The Morgan fingerprint density at radius 2 is 2.31 bits per heavy atom. The molecule has 1 heterocycles. The molecule has 3 unspecified atom stereocenters. The van der Waals surface area contributed by atoms with Crippen LogP contribution in [0.25, 0.3) is 0 Å². The summed E-state index contributed by atoms with van der Waals surface area (Å²) in [6, 6.07) is 0.306.